The number of amides is 1. The molecule has 0 saturated carbocycles. The number of benzene rings is 1. The predicted octanol–water partition coefficient (Wildman–Crippen LogP) is 4.14. The van der Waals surface area contributed by atoms with E-state index in [1.165, 1.54) is 11.9 Å². The minimum Gasteiger partial charge on any atom is -0.338 e. The Kier molecular flexibility index (Phi) is 7.93. The van der Waals surface area contributed by atoms with E-state index in [9.17, 15) is 9.59 Å². The molecule has 1 amide bonds. The Balaban J connectivity index is 1.19. The quantitative estimate of drug-likeness (QED) is 0.535. The lowest BCUT2D eigenvalue weighted by Crippen LogP contribution is -2.47. The molecule has 0 aliphatic carbocycles. The minimum absolute atomic E-state index is 0.0892. The number of fused-ring (bicyclic) bond motifs is 1. The molecule has 3 fully saturated rings. The van der Waals surface area contributed by atoms with Gasteiger partial charge in [-0.1, -0.05) is 51.1 Å². The van der Waals surface area contributed by atoms with E-state index in [2.05, 4.69) is 50.1 Å². The summed E-state index contributed by atoms with van der Waals surface area (Å²) in [6.07, 6.45) is 4.86. The molecule has 0 radical (unpaired) electrons. The van der Waals surface area contributed by atoms with Gasteiger partial charge >= 0.3 is 0 Å². The molecular weight excluding hydrogens is 486 g/mol. The van der Waals surface area contributed by atoms with Crippen LogP contribution in [0.25, 0.3) is 0 Å². The monoisotopic (exact) mass is 531 g/mol. The van der Waals surface area contributed by atoms with Gasteiger partial charge in [-0.3, -0.25) is 14.5 Å². The lowest BCUT2D eigenvalue weighted by atomic mass is 9.70. The third kappa shape index (κ3) is 5.94. The van der Waals surface area contributed by atoms with Crippen LogP contribution in [0.15, 0.2) is 36.7 Å². The minimum atomic E-state index is -0.283. The maximum absolute atomic E-state index is 13.3. The van der Waals surface area contributed by atoms with Crippen LogP contribution < -0.4 is 0 Å². The SMILES string of the molecule is Cc1ncnc(C)c1C(=O)N1CC2CN(CCC3(c4ccccc4)CCN(CC(=O)C(C)(C)C)CC3)CC2C1. The van der Waals surface area contributed by atoms with Crippen LogP contribution in [0.2, 0.25) is 0 Å². The van der Waals surface area contributed by atoms with Gasteiger partial charge < -0.3 is 9.80 Å². The maximum Gasteiger partial charge on any atom is 0.257 e. The van der Waals surface area contributed by atoms with Crippen molar-refractivity contribution in [1.29, 1.82) is 0 Å². The van der Waals surface area contributed by atoms with Crippen molar-refractivity contribution in [3.05, 3.63) is 59.2 Å². The molecule has 3 saturated heterocycles. The van der Waals surface area contributed by atoms with Gasteiger partial charge in [0.2, 0.25) is 0 Å². The second-order valence-corrected chi connectivity index (χ2v) is 13.3. The summed E-state index contributed by atoms with van der Waals surface area (Å²) in [6, 6.07) is 11.0. The first kappa shape index (κ1) is 27.9. The van der Waals surface area contributed by atoms with Crippen LogP contribution in [0.3, 0.4) is 0 Å². The number of aryl methyl sites for hydroxylation is 2. The van der Waals surface area contributed by atoms with E-state index in [0.717, 1.165) is 76.5 Å². The highest BCUT2D eigenvalue weighted by atomic mass is 16.2. The molecule has 2 unspecified atom stereocenters. The molecule has 210 valence electrons. The molecule has 0 N–H and O–H groups in total. The Morgan fingerprint density at radius 1 is 0.897 bits per heavy atom. The van der Waals surface area contributed by atoms with E-state index in [4.69, 9.17) is 0 Å². The fourth-order valence-corrected chi connectivity index (χ4v) is 6.93. The number of ketones is 1. The summed E-state index contributed by atoms with van der Waals surface area (Å²) in [5, 5.41) is 0. The summed E-state index contributed by atoms with van der Waals surface area (Å²) >= 11 is 0. The van der Waals surface area contributed by atoms with Crippen LogP contribution in [-0.4, -0.2) is 88.7 Å². The molecule has 4 heterocycles. The van der Waals surface area contributed by atoms with Crippen molar-refractivity contribution in [1.82, 2.24) is 24.7 Å². The van der Waals surface area contributed by atoms with E-state index in [0.29, 0.717) is 29.7 Å². The average molecular weight is 532 g/mol. The van der Waals surface area contributed by atoms with Gasteiger partial charge in [0.15, 0.2) is 5.78 Å². The fraction of sp³-hybridized carbons (Fsp3) is 0.625. The highest BCUT2D eigenvalue weighted by Crippen LogP contribution is 2.40. The van der Waals surface area contributed by atoms with Crippen molar-refractivity contribution in [3.63, 3.8) is 0 Å². The lowest BCUT2D eigenvalue weighted by Gasteiger charge is -2.43. The van der Waals surface area contributed by atoms with Crippen LogP contribution in [0.1, 0.15) is 67.3 Å². The zero-order valence-electron chi connectivity index (χ0n) is 24.4. The Hall–Kier alpha value is -2.64. The van der Waals surface area contributed by atoms with E-state index in [-0.39, 0.29) is 16.7 Å². The molecule has 3 aliphatic heterocycles. The lowest BCUT2D eigenvalue weighted by molar-refractivity contribution is -0.127. The van der Waals surface area contributed by atoms with E-state index < -0.39 is 0 Å². The van der Waals surface area contributed by atoms with Crippen molar-refractivity contribution < 1.29 is 9.59 Å². The first-order valence-corrected chi connectivity index (χ1v) is 14.7. The largest absolute Gasteiger partial charge is 0.338 e. The van der Waals surface area contributed by atoms with Gasteiger partial charge in [0.05, 0.1) is 23.5 Å². The summed E-state index contributed by atoms with van der Waals surface area (Å²) in [5.41, 5.74) is 3.53. The first-order chi connectivity index (χ1) is 18.6. The van der Waals surface area contributed by atoms with E-state index >= 15 is 0 Å². The Labute approximate surface area is 234 Å². The van der Waals surface area contributed by atoms with Gasteiger partial charge in [-0.25, -0.2) is 9.97 Å². The molecular formula is C32H45N5O2. The summed E-state index contributed by atoms with van der Waals surface area (Å²) in [4.78, 5) is 41.5. The predicted molar refractivity (Wildman–Crippen MR) is 154 cm³/mol. The van der Waals surface area contributed by atoms with Crippen LogP contribution in [0.4, 0.5) is 0 Å². The standard InChI is InChI=1S/C32H45N5O2/c1-23-29(24(2)34-22-33-23)30(39)37-19-25-17-36(18-26(25)20-37)16-13-32(27-9-7-6-8-10-27)11-14-35(15-12-32)21-28(38)31(3,4)5/h6-10,22,25-26H,11-21H2,1-5H3. The van der Waals surface area contributed by atoms with Crippen LogP contribution in [0, 0.1) is 31.1 Å². The average Bonchev–Trinajstić information content (AvgIpc) is 3.47. The van der Waals surface area contributed by atoms with Gasteiger partial charge in [0, 0.05) is 31.6 Å². The summed E-state index contributed by atoms with van der Waals surface area (Å²) in [7, 11) is 0. The molecule has 0 spiro atoms. The number of carbonyl (C=O) groups is 2. The second kappa shape index (κ2) is 11.1. The molecule has 1 aromatic heterocycles. The number of Topliss-reactive ketones (excluding diaryl/α,β-unsaturated/α-hetero) is 1. The number of likely N-dealkylation sites (tertiary alicyclic amines) is 3. The summed E-state index contributed by atoms with van der Waals surface area (Å²) in [6.45, 7) is 17.2. The van der Waals surface area contributed by atoms with Crippen molar-refractivity contribution >= 4 is 11.7 Å². The highest BCUT2D eigenvalue weighted by molar-refractivity contribution is 5.96. The highest BCUT2D eigenvalue weighted by Gasteiger charge is 2.43. The summed E-state index contributed by atoms with van der Waals surface area (Å²) in [5.74, 6) is 1.50. The third-order valence-corrected chi connectivity index (χ3v) is 9.60. The first-order valence-electron chi connectivity index (χ1n) is 14.7. The zero-order valence-corrected chi connectivity index (χ0v) is 24.4. The van der Waals surface area contributed by atoms with Crippen molar-refractivity contribution in [2.45, 2.75) is 59.3 Å². The Morgan fingerprint density at radius 3 is 2.05 bits per heavy atom. The van der Waals surface area contributed by atoms with Gasteiger partial charge in [0.1, 0.15) is 6.33 Å². The normalized spacial score (nSPS) is 23.7. The molecule has 7 heteroatoms. The molecule has 5 rings (SSSR count). The topological polar surface area (TPSA) is 69.6 Å². The van der Waals surface area contributed by atoms with Crippen molar-refractivity contribution in [3.8, 4) is 0 Å². The van der Waals surface area contributed by atoms with E-state index in [1.54, 1.807) is 0 Å². The van der Waals surface area contributed by atoms with Crippen molar-refractivity contribution in [2.75, 3.05) is 52.4 Å². The number of piperidine rings is 1. The van der Waals surface area contributed by atoms with Gasteiger partial charge in [-0.2, -0.15) is 0 Å². The number of carbonyl (C=O) groups excluding carboxylic acids is 2. The molecule has 0 bridgehead atoms. The van der Waals surface area contributed by atoms with Gasteiger partial charge in [-0.05, 0) is 75.6 Å². The van der Waals surface area contributed by atoms with Gasteiger partial charge in [-0.15, -0.1) is 0 Å². The Bertz CT molecular complexity index is 1150. The molecule has 2 aromatic rings. The van der Waals surface area contributed by atoms with E-state index in [1.807, 2.05) is 39.5 Å². The van der Waals surface area contributed by atoms with Crippen LogP contribution in [0.5, 0.6) is 0 Å². The molecule has 3 aliphatic rings. The number of nitrogens with zero attached hydrogens (tertiary/aromatic N) is 5. The number of hydrogen-bond donors (Lipinski definition) is 0. The molecule has 39 heavy (non-hydrogen) atoms. The number of aromatic nitrogens is 2. The number of hydrogen-bond acceptors (Lipinski definition) is 6. The maximum atomic E-state index is 13.3. The summed E-state index contributed by atoms with van der Waals surface area (Å²) < 4.78 is 0. The van der Waals surface area contributed by atoms with Crippen LogP contribution >= 0.6 is 0 Å². The molecule has 2 atom stereocenters. The smallest absolute Gasteiger partial charge is 0.257 e. The second-order valence-electron chi connectivity index (χ2n) is 13.3. The fourth-order valence-electron chi connectivity index (χ4n) is 6.93. The molecule has 7 nitrogen and oxygen atoms in total. The van der Waals surface area contributed by atoms with Crippen LogP contribution in [-0.2, 0) is 10.2 Å². The zero-order chi connectivity index (χ0) is 27.8. The molecule has 1 aromatic carbocycles. The third-order valence-electron chi connectivity index (χ3n) is 9.60. The van der Waals surface area contributed by atoms with Gasteiger partial charge in [0.25, 0.3) is 5.91 Å². The number of rotatable bonds is 7. The Morgan fingerprint density at radius 2 is 1.49 bits per heavy atom. The van der Waals surface area contributed by atoms with Crippen molar-refractivity contribution in [2.24, 2.45) is 17.3 Å².